The molecule has 2 heterocycles. The van der Waals surface area contributed by atoms with Crippen molar-refractivity contribution in [2.24, 2.45) is 0 Å². The van der Waals surface area contributed by atoms with Crippen LogP contribution >= 0.6 is 0 Å². The first-order chi connectivity index (χ1) is 13.1. The van der Waals surface area contributed by atoms with Crippen molar-refractivity contribution < 1.29 is 14.7 Å². The smallest absolute Gasteiger partial charge is 0.357 e. The number of carbonyl (C=O) groups is 2. The number of carboxylic acid groups (broad SMARTS) is 1. The van der Waals surface area contributed by atoms with Crippen LogP contribution in [0.25, 0.3) is 10.9 Å². The number of carboxylic acids is 1. The van der Waals surface area contributed by atoms with E-state index in [1.807, 2.05) is 18.2 Å². The van der Waals surface area contributed by atoms with Gasteiger partial charge in [-0.05, 0) is 43.1 Å². The number of rotatable bonds is 5. The van der Waals surface area contributed by atoms with Crippen molar-refractivity contribution in [2.75, 3.05) is 11.9 Å². The Morgan fingerprint density at radius 2 is 2.04 bits per heavy atom. The molecule has 1 fully saturated rings. The molecule has 1 aliphatic heterocycles. The molecule has 2 aromatic carbocycles. The number of carbonyl (C=O) groups excluding carboxylic acids is 1. The third-order valence-corrected chi connectivity index (χ3v) is 4.93. The number of nitrogens with zero attached hydrogens (tertiary/aromatic N) is 2. The Bertz CT molecular complexity index is 983. The van der Waals surface area contributed by atoms with Crippen LogP contribution in [0.2, 0.25) is 0 Å². The number of benzene rings is 2. The number of aromatic amines is 1. The largest absolute Gasteiger partial charge is 0.476 e. The van der Waals surface area contributed by atoms with Crippen LogP contribution in [0.5, 0.6) is 0 Å². The SMILES string of the molecule is O=C(O)c1n[nH]c2ccc(NC(=O)C3CCCN3Cc3ccccc3)cc12. The van der Waals surface area contributed by atoms with E-state index in [0.717, 1.165) is 25.9 Å². The molecule has 27 heavy (non-hydrogen) atoms. The summed E-state index contributed by atoms with van der Waals surface area (Å²) in [5.41, 5.74) is 2.33. The van der Waals surface area contributed by atoms with Crippen LogP contribution in [-0.2, 0) is 11.3 Å². The summed E-state index contributed by atoms with van der Waals surface area (Å²) in [4.78, 5) is 26.3. The summed E-state index contributed by atoms with van der Waals surface area (Å²) in [6.45, 7) is 1.62. The van der Waals surface area contributed by atoms with Gasteiger partial charge in [0.1, 0.15) is 0 Å². The molecular weight excluding hydrogens is 344 g/mol. The molecule has 138 valence electrons. The molecular formula is C20H20N4O3. The van der Waals surface area contributed by atoms with Crippen molar-refractivity contribution in [2.45, 2.75) is 25.4 Å². The van der Waals surface area contributed by atoms with Gasteiger partial charge in [0.2, 0.25) is 5.91 Å². The zero-order valence-corrected chi connectivity index (χ0v) is 14.7. The molecule has 1 saturated heterocycles. The topological polar surface area (TPSA) is 98.3 Å². The third-order valence-electron chi connectivity index (χ3n) is 4.93. The Kier molecular flexibility index (Phi) is 4.60. The average Bonchev–Trinajstić information content (AvgIpc) is 3.29. The van der Waals surface area contributed by atoms with E-state index >= 15 is 0 Å². The second-order valence-electron chi connectivity index (χ2n) is 6.74. The number of anilines is 1. The molecule has 1 aromatic heterocycles. The minimum absolute atomic E-state index is 0.0485. The van der Waals surface area contributed by atoms with E-state index in [2.05, 4.69) is 32.5 Å². The number of fused-ring (bicyclic) bond motifs is 1. The molecule has 0 saturated carbocycles. The Labute approximate surface area is 156 Å². The fourth-order valence-electron chi connectivity index (χ4n) is 3.61. The highest BCUT2D eigenvalue weighted by Gasteiger charge is 2.30. The normalized spacial score (nSPS) is 17.3. The van der Waals surface area contributed by atoms with Gasteiger partial charge in [-0.1, -0.05) is 30.3 Å². The molecule has 1 aliphatic rings. The summed E-state index contributed by atoms with van der Waals surface area (Å²) < 4.78 is 0. The molecule has 1 atom stereocenters. The van der Waals surface area contributed by atoms with Crippen LogP contribution in [0.3, 0.4) is 0 Å². The predicted molar refractivity (Wildman–Crippen MR) is 102 cm³/mol. The van der Waals surface area contributed by atoms with Gasteiger partial charge in [0.15, 0.2) is 5.69 Å². The summed E-state index contributed by atoms with van der Waals surface area (Å²) in [5.74, 6) is -1.17. The number of amides is 1. The van der Waals surface area contributed by atoms with E-state index < -0.39 is 5.97 Å². The Hall–Kier alpha value is -3.19. The number of hydrogen-bond donors (Lipinski definition) is 3. The van der Waals surface area contributed by atoms with Gasteiger partial charge in [-0.3, -0.25) is 14.8 Å². The van der Waals surface area contributed by atoms with Crippen molar-refractivity contribution in [1.82, 2.24) is 15.1 Å². The van der Waals surface area contributed by atoms with Gasteiger partial charge < -0.3 is 10.4 Å². The lowest BCUT2D eigenvalue weighted by molar-refractivity contribution is -0.120. The molecule has 3 aromatic rings. The van der Waals surface area contributed by atoms with E-state index in [-0.39, 0.29) is 17.6 Å². The summed E-state index contributed by atoms with van der Waals surface area (Å²) in [5, 5.41) is 19.1. The van der Waals surface area contributed by atoms with Gasteiger partial charge in [0, 0.05) is 17.6 Å². The lowest BCUT2D eigenvalue weighted by Gasteiger charge is -2.23. The minimum atomic E-state index is -1.10. The molecule has 3 N–H and O–H groups in total. The van der Waals surface area contributed by atoms with Crippen molar-refractivity contribution >= 4 is 28.5 Å². The molecule has 0 bridgehead atoms. The van der Waals surface area contributed by atoms with Crippen LogP contribution in [0.4, 0.5) is 5.69 Å². The van der Waals surface area contributed by atoms with Crippen molar-refractivity contribution in [3.8, 4) is 0 Å². The number of H-pyrrole nitrogens is 1. The molecule has 1 unspecified atom stereocenters. The Morgan fingerprint density at radius 1 is 1.22 bits per heavy atom. The van der Waals surface area contributed by atoms with E-state index in [1.165, 1.54) is 5.56 Å². The summed E-state index contributed by atoms with van der Waals surface area (Å²) in [7, 11) is 0. The lowest BCUT2D eigenvalue weighted by atomic mass is 10.1. The molecule has 0 spiro atoms. The van der Waals surface area contributed by atoms with Gasteiger partial charge in [-0.15, -0.1) is 0 Å². The summed E-state index contributed by atoms with van der Waals surface area (Å²) in [6, 6.07) is 15.0. The maximum Gasteiger partial charge on any atom is 0.357 e. The number of aromatic carboxylic acids is 1. The molecule has 0 radical (unpaired) electrons. The van der Waals surface area contributed by atoms with E-state index in [9.17, 15) is 14.7 Å². The first-order valence-electron chi connectivity index (χ1n) is 8.92. The zero-order valence-electron chi connectivity index (χ0n) is 14.7. The third kappa shape index (κ3) is 3.54. The molecule has 7 heteroatoms. The summed E-state index contributed by atoms with van der Waals surface area (Å²) in [6.07, 6.45) is 1.79. The predicted octanol–water partition coefficient (Wildman–Crippen LogP) is 2.86. The van der Waals surface area contributed by atoms with Gasteiger partial charge in [-0.2, -0.15) is 5.10 Å². The zero-order chi connectivity index (χ0) is 18.8. The van der Waals surface area contributed by atoms with Crippen LogP contribution in [0, 0.1) is 0 Å². The second-order valence-corrected chi connectivity index (χ2v) is 6.74. The molecule has 4 rings (SSSR count). The maximum atomic E-state index is 12.8. The fourth-order valence-corrected chi connectivity index (χ4v) is 3.61. The van der Waals surface area contributed by atoms with Gasteiger partial charge in [-0.25, -0.2) is 4.79 Å². The number of aromatic nitrogens is 2. The number of nitrogens with one attached hydrogen (secondary N) is 2. The molecule has 7 nitrogen and oxygen atoms in total. The monoisotopic (exact) mass is 364 g/mol. The molecule has 0 aliphatic carbocycles. The Balaban J connectivity index is 1.50. The van der Waals surface area contributed by atoms with Gasteiger partial charge in [0.05, 0.1) is 11.6 Å². The van der Waals surface area contributed by atoms with Crippen molar-refractivity contribution in [3.05, 3.63) is 59.8 Å². The van der Waals surface area contributed by atoms with E-state index in [1.54, 1.807) is 18.2 Å². The lowest BCUT2D eigenvalue weighted by Crippen LogP contribution is -2.39. The average molecular weight is 364 g/mol. The number of hydrogen-bond acceptors (Lipinski definition) is 4. The maximum absolute atomic E-state index is 12.8. The standard InChI is InChI=1S/C20H20N4O3/c25-19(17-7-4-10-24(17)12-13-5-2-1-3-6-13)21-14-8-9-16-15(11-14)18(20(26)27)23-22-16/h1-3,5-6,8-9,11,17H,4,7,10,12H2,(H,21,25)(H,22,23)(H,26,27). The fraction of sp³-hybridized carbons (Fsp3) is 0.250. The highest BCUT2D eigenvalue weighted by atomic mass is 16.4. The first kappa shape index (κ1) is 17.2. The van der Waals surface area contributed by atoms with E-state index in [4.69, 9.17) is 0 Å². The van der Waals surface area contributed by atoms with Gasteiger partial charge >= 0.3 is 5.97 Å². The highest BCUT2D eigenvalue weighted by molar-refractivity contribution is 6.03. The van der Waals surface area contributed by atoms with Crippen LogP contribution < -0.4 is 5.32 Å². The highest BCUT2D eigenvalue weighted by Crippen LogP contribution is 2.24. The summed E-state index contributed by atoms with van der Waals surface area (Å²) >= 11 is 0. The van der Waals surface area contributed by atoms with Crippen LogP contribution in [0.1, 0.15) is 28.9 Å². The quantitative estimate of drug-likeness (QED) is 0.647. The Morgan fingerprint density at radius 3 is 2.81 bits per heavy atom. The van der Waals surface area contributed by atoms with Crippen molar-refractivity contribution in [3.63, 3.8) is 0 Å². The minimum Gasteiger partial charge on any atom is -0.476 e. The molecule has 1 amide bonds. The van der Waals surface area contributed by atoms with E-state index in [0.29, 0.717) is 16.6 Å². The van der Waals surface area contributed by atoms with Crippen molar-refractivity contribution in [1.29, 1.82) is 0 Å². The van der Waals surface area contributed by atoms with Crippen LogP contribution in [0.15, 0.2) is 48.5 Å². The van der Waals surface area contributed by atoms with Crippen LogP contribution in [-0.4, -0.2) is 44.7 Å². The van der Waals surface area contributed by atoms with Gasteiger partial charge in [0.25, 0.3) is 0 Å². The number of likely N-dealkylation sites (tertiary alicyclic amines) is 1. The second kappa shape index (κ2) is 7.20. The first-order valence-corrected chi connectivity index (χ1v) is 8.92.